The Labute approximate surface area is 139 Å². The van der Waals surface area contributed by atoms with Crippen molar-refractivity contribution in [2.45, 2.75) is 24.9 Å². The third kappa shape index (κ3) is 3.55. The number of cyclic esters (lactones) is 1. The van der Waals surface area contributed by atoms with E-state index in [1.54, 1.807) is 24.3 Å². The van der Waals surface area contributed by atoms with Gasteiger partial charge in [-0.1, -0.05) is 60.7 Å². The fraction of sp³-hybridized carbons (Fsp3) is 0.222. The second kappa shape index (κ2) is 7.14. The van der Waals surface area contributed by atoms with Gasteiger partial charge in [-0.25, -0.2) is 9.59 Å². The number of carbonyl (C=O) groups excluding carboxylic acids is 2. The van der Waals surface area contributed by atoms with Crippen molar-refractivity contribution >= 4 is 12.1 Å². The molecule has 0 radical (unpaired) electrons. The SMILES string of the molecule is O=C(N[C@@H]1C(=O)O[C@@H](c2ccccc2)[C@H]1O)OCc1ccccc1. The van der Waals surface area contributed by atoms with Gasteiger partial charge in [-0.15, -0.1) is 0 Å². The molecule has 0 saturated carbocycles. The van der Waals surface area contributed by atoms with Crippen molar-refractivity contribution in [1.82, 2.24) is 5.32 Å². The van der Waals surface area contributed by atoms with E-state index in [1.807, 2.05) is 36.4 Å². The van der Waals surface area contributed by atoms with Crippen molar-refractivity contribution < 1.29 is 24.2 Å². The molecule has 0 unspecified atom stereocenters. The van der Waals surface area contributed by atoms with Gasteiger partial charge in [0.2, 0.25) is 0 Å². The Kier molecular flexibility index (Phi) is 4.77. The summed E-state index contributed by atoms with van der Waals surface area (Å²) in [4.78, 5) is 23.8. The summed E-state index contributed by atoms with van der Waals surface area (Å²) in [6.07, 6.45) is -2.77. The summed E-state index contributed by atoms with van der Waals surface area (Å²) >= 11 is 0. The van der Waals surface area contributed by atoms with Crippen molar-refractivity contribution in [1.29, 1.82) is 0 Å². The van der Waals surface area contributed by atoms with Gasteiger partial charge in [0.15, 0.2) is 12.1 Å². The van der Waals surface area contributed by atoms with E-state index >= 15 is 0 Å². The number of rotatable bonds is 4. The molecule has 6 heteroatoms. The van der Waals surface area contributed by atoms with Crippen molar-refractivity contribution in [3.8, 4) is 0 Å². The molecule has 2 aromatic carbocycles. The maximum Gasteiger partial charge on any atom is 0.408 e. The Morgan fingerprint density at radius 2 is 1.71 bits per heavy atom. The van der Waals surface area contributed by atoms with Gasteiger partial charge in [-0.05, 0) is 11.1 Å². The van der Waals surface area contributed by atoms with Crippen molar-refractivity contribution in [3.63, 3.8) is 0 Å². The first-order valence-corrected chi connectivity index (χ1v) is 7.56. The first-order valence-electron chi connectivity index (χ1n) is 7.56. The van der Waals surface area contributed by atoms with Gasteiger partial charge in [-0.2, -0.15) is 0 Å². The third-order valence-electron chi connectivity index (χ3n) is 3.76. The highest BCUT2D eigenvalue weighted by Gasteiger charge is 2.45. The van der Waals surface area contributed by atoms with Gasteiger partial charge in [0.25, 0.3) is 0 Å². The molecule has 1 aliphatic heterocycles. The Morgan fingerprint density at radius 1 is 1.08 bits per heavy atom. The van der Waals surface area contributed by atoms with Gasteiger partial charge in [0, 0.05) is 0 Å². The molecule has 1 aliphatic rings. The average Bonchev–Trinajstić information content (AvgIpc) is 2.90. The summed E-state index contributed by atoms with van der Waals surface area (Å²) in [5, 5.41) is 12.7. The number of aliphatic hydroxyl groups excluding tert-OH is 1. The lowest BCUT2D eigenvalue weighted by Crippen LogP contribution is -2.45. The Hall–Kier alpha value is -2.86. The number of hydrogen-bond donors (Lipinski definition) is 2. The molecule has 3 atom stereocenters. The molecule has 0 spiro atoms. The number of hydrogen-bond acceptors (Lipinski definition) is 5. The van der Waals surface area contributed by atoms with Crippen molar-refractivity contribution in [3.05, 3.63) is 71.8 Å². The first kappa shape index (κ1) is 16.0. The van der Waals surface area contributed by atoms with E-state index < -0.39 is 30.3 Å². The second-order valence-corrected chi connectivity index (χ2v) is 5.44. The monoisotopic (exact) mass is 327 g/mol. The molecule has 3 rings (SSSR count). The van der Waals surface area contributed by atoms with Crippen molar-refractivity contribution in [2.75, 3.05) is 0 Å². The normalized spacial score (nSPS) is 22.7. The predicted molar refractivity (Wildman–Crippen MR) is 84.8 cm³/mol. The van der Waals surface area contributed by atoms with E-state index in [4.69, 9.17) is 9.47 Å². The molecule has 1 fully saturated rings. The minimum atomic E-state index is -1.18. The highest BCUT2D eigenvalue weighted by atomic mass is 16.6. The fourth-order valence-electron chi connectivity index (χ4n) is 2.53. The summed E-state index contributed by atoms with van der Waals surface area (Å²) < 4.78 is 10.2. The summed E-state index contributed by atoms with van der Waals surface area (Å²) in [5.74, 6) is -0.687. The Morgan fingerprint density at radius 3 is 2.38 bits per heavy atom. The van der Waals surface area contributed by atoms with Gasteiger partial charge < -0.3 is 19.9 Å². The molecule has 24 heavy (non-hydrogen) atoms. The van der Waals surface area contributed by atoms with Crippen LogP contribution in [0.1, 0.15) is 17.2 Å². The molecule has 124 valence electrons. The molecule has 1 heterocycles. The quantitative estimate of drug-likeness (QED) is 0.838. The standard InChI is InChI=1S/C18H17NO5/c20-15-14(17(21)24-16(15)13-9-5-2-6-10-13)19-18(22)23-11-12-7-3-1-4-8-12/h1-10,14-16,20H,11H2,(H,19,22)/t14-,15-,16-/m0/s1. The smallest absolute Gasteiger partial charge is 0.408 e. The molecule has 1 amide bonds. The number of carbonyl (C=O) groups is 2. The topological polar surface area (TPSA) is 84.9 Å². The van der Waals surface area contributed by atoms with Crippen LogP contribution in [-0.4, -0.2) is 29.3 Å². The van der Waals surface area contributed by atoms with Gasteiger partial charge in [-0.3, -0.25) is 0 Å². The number of esters is 1. The van der Waals surface area contributed by atoms with Crippen LogP contribution >= 0.6 is 0 Å². The molecule has 1 saturated heterocycles. The Balaban J connectivity index is 1.58. The maximum atomic E-state index is 11.9. The maximum absolute atomic E-state index is 11.9. The van der Waals surface area contributed by atoms with Crippen LogP contribution in [0.2, 0.25) is 0 Å². The predicted octanol–water partition coefficient (Wildman–Crippen LogP) is 1.94. The van der Waals surface area contributed by atoms with Gasteiger partial charge >= 0.3 is 12.1 Å². The van der Waals surface area contributed by atoms with Crippen LogP contribution in [0.3, 0.4) is 0 Å². The lowest BCUT2D eigenvalue weighted by atomic mass is 10.0. The van der Waals surface area contributed by atoms with E-state index in [0.717, 1.165) is 5.56 Å². The molecular weight excluding hydrogens is 310 g/mol. The largest absolute Gasteiger partial charge is 0.453 e. The highest BCUT2D eigenvalue weighted by molar-refractivity contribution is 5.84. The van der Waals surface area contributed by atoms with Crippen LogP contribution in [0, 0.1) is 0 Å². The Bertz CT molecular complexity index is 704. The highest BCUT2D eigenvalue weighted by Crippen LogP contribution is 2.30. The number of benzene rings is 2. The van der Waals surface area contributed by atoms with Gasteiger partial charge in [0.1, 0.15) is 12.7 Å². The molecule has 6 nitrogen and oxygen atoms in total. The summed E-state index contributed by atoms with van der Waals surface area (Å²) in [6.45, 7) is 0.0760. The number of alkyl carbamates (subject to hydrolysis) is 1. The van der Waals surface area contributed by atoms with Crippen LogP contribution in [0.15, 0.2) is 60.7 Å². The molecule has 0 bridgehead atoms. The zero-order valence-corrected chi connectivity index (χ0v) is 12.8. The van der Waals surface area contributed by atoms with Crippen LogP contribution in [0.5, 0.6) is 0 Å². The number of nitrogens with one attached hydrogen (secondary N) is 1. The lowest BCUT2D eigenvalue weighted by Gasteiger charge is -2.16. The number of aliphatic hydroxyl groups is 1. The molecule has 0 aliphatic carbocycles. The molecule has 2 aromatic rings. The van der Waals surface area contributed by atoms with E-state index in [2.05, 4.69) is 5.32 Å². The van der Waals surface area contributed by atoms with Crippen molar-refractivity contribution in [2.24, 2.45) is 0 Å². The van der Waals surface area contributed by atoms with E-state index in [0.29, 0.717) is 5.56 Å². The van der Waals surface area contributed by atoms with Crippen LogP contribution in [0.4, 0.5) is 4.79 Å². The van der Waals surface area contributed by atoms with Crippen LogP contribution in [-0.2, 0) is 20.9 Å². The lowest BCUT2D eigenvalue weighted by molar-refractivity contribution is -0.143. The summed E-state index contributed by atoms with van der Waals surface area (Å²) in [5.41, 5.74) is 1.49. The number of ether oxygens (including phenoxy) is 2. The van der Waals surface area contributed by atoms with Crippen LogP contribution < -0.4 is 5.32 Å². The number of amides is 1. The van der Waals surface area contributed by atoms with E-state index in [1.165, 1.54) is 0 Å². The molecular formula is C18H17NO5. The van der Waals surface area contributed by atoms with Gasteiger partial charge in [0.05, 0.1) is 0 Å². The first-order chi connectivity index (χ1) is 11.6. The van der Waals surface area contributed by atoms with Crippen LogP contribution in [0.25, 0.3) is 0 Å². The van der Waals surface area contributed by atoms with E-state index in [-0.39, 0.29) is 6.61 Å². The zero-order valence-electron chi connectivity index (χ0n) is 12.8. The minimum Gasteiger partial charge on any atom is -0.453 e. The fourth-order valence-corrected chi connectivity index (χ4v) is 2.53. The molecule has 2 N–H and O–H groups in total. The van der Waals surface area contributed by atoms with E-state index in [9.17, 15) is 14.7 Å². The third-order valence-corrected chi connectivity index (χ3v) is 3.76. The average molecular weight is 327 g/mol. The molecule has 0 aromatic heterocycles. The zero-order chi connectivity index (χ0) is 16.9. The summed E-state index contributed by atoms with van der Waals surface area (Å²) in [6, 6.07) is 16.9. The summed E-state index contributed by atoms with van der Waals surface area (Å²) in [7, 11) is 0. The second-order valence-electron chi connectivity index (χ2n) is 5.44. The minimum absolute atomic E-state index is 0.0760.